The predicted molar refractivity (Wildman–Crippen MR) is 143 cm³/mol. The second kappa shape index (κ2) is 17.0. The molecule has 0 unspecified atom stereocenters. The number of methoxy groups -OCH3 is 1. The van der Waals surface area contributed by atoms with E-state index in [2.05, 4.69) is 25.1 Å². The minimum absolute atomic E-state index is 0.123. The number of esters is 1. The summed E-state index contributed by atoms with van der Waals surface area (Å²) in [7, 11) is 5.65. The highest BCUT2D eigenvalue weighted by molar-refractivity contribution is 5.69. The maximum absolute atomic E-state index is 12.4. The lowest BCUT2D eigenvalue weighted by molar-refractivity contribution is -0.151. The Morgan fingerprint density at radius 1 is 0.886 bits per heavy atom. The zero-order valence-electron chi connectivity index (χ0n) is 22.3. The summed E-state index contributed by atoms with van der Waals surface area (Å²) in [6.07, 6.45) is 10.3. The zero-order valence-corrected chi connectivity index (χ0v) is 22.3. The third-order valence-corrected chi connectivity index (χ3v) is 6.09. The predicted octanol–water partition coefficient (Wildman–Crippen LogP) is 6.47. The molecule has 0 amide bonds. The van der Waals surface area contributed by atoms with Gasteiger partial charge in [-0.25, -0.2) is 0 Å². The molecular formula is C30H45NO4. The molecule has 0 fully saturated rings. The van der Waals surface area contributed by atoms with Gasteiger partial charge in [0.1, 0.15) is 24.2 Å². The second-order valence-corrected chi connectivity index (χ2v) is 9.51. The van der Waals surface area contributed by atoms with E-state index in [-0.39, 0.29) is 12.1 Å². The monoisotopic (exact) mass is 483 g/mol. The average Bonchev–Trinajstić information content (AvgIpc) is 2.86. The van der Waals surface area contributed by atoms with E-state index in [1.807, 2.05) is 49.3 Å². The van der Waals surface area contributed by atoms with Crippen molar-refractivity contribution in [1.29, 1.82) is 0 Å². The molecule has 0 spiro atoms. The number of nitrogens with zero attached hydrogens (tertiary/aromatic N) is 1. The summed E-state index contributed by atoms with van der Waals surface area (Å²) in [4.78, 5) is 14.5. The maximum atomic E-state index is 12.4. The Hall–Kier alpha value is -2.53. The van der Waals surface area contributed by atoms with Gasteiger partial charge in [-0.15, -0.1) is 0 Å². The van der Waals surface area contributed by atoms with Crippen LogP contribution in [0, 0.1) is 0 Å². The van der Waals surface area contributed by atoms with Gasteiger partial charge in [0.05, 0.1) is 7.11 Å². The van der Waals surface area contributed by atoms with Crippen molar-refractivity contribution in [1.82, 2.24) is 4.90 Å². The SMILES string of the molecule is CCCCCCCCCC(=O)O[C@@H](COc1ccccc1CCc1ccc(OC)cc1)CN(C)C. The molecule has 2 aromatic carbocycles. The first kappa shape index (κ1) is 28.7. The zero-order chi connectivity index (χ0) is 25.3. The van der Waals surface area contributed by atoms with Crippen LogP contribution < -0.4 is 9.47 Å². The summed E-state index contributed by atoms with van der Waals surface area (Å²) in [6.45, 7) is 3.21. The molecule has 0 bridgehead atoms. The van der Waals surface area contributed by atoms with Gasteiger partial charge in [-0.3, -0.25) is 4.79 Å². The largest absolute Gasteiger partial charge is 0.497 e. The summed E-state index contributed by atoms with van der Waals surface area (Å²) >= 11 is 0. The molecular weight excluding hydrogens is 438 g/mol. The molecule has 0 N–H and O–H groups in total. The Morgan fingerprint density at radius 3 is 2.26 bits per heavy atom. The highest BCUT2D eigenvalue weighted by atomic mass is 16.6. The quantitative estimate of drug-likeness (QED) is 0.180. The van der Waals surface area contributed by atoms with Gasteiger partial charge in [0.15, 0.2) is 0 Å². The molecule has 0 saturated heterocycles. The fourth-order valence-electron chi connectivity index (χ4n) is 4.11. The van der Waals surface area contributed by atoms with Crippen LogP contribution in [0.4, 0.5) is 0 Å². The van der Waals surface area contributed by atoms with Gasteiger partial charge in [0.2, 0.25) is 0 Å². The van der Waals surface area contributed by atoms with Crippen LogP contribution in [0.25, 0.3) is 0 Å². The molecule has 0 aromatic heterocycles. The highest BCUT2D eigenvalue weighted by Gasteiger charge is 2.17. The molecule has 35 heavy (non-hydrogen) atoms. The van der Waals surface area contributed by atoms with Crippen LogP contribution in [0.5, 0.6) is 11.5 Å². The Morgan fingerprint density at radius 2 is 1.57 bits per heavy atom. The standard InChI is InChI=1S/C30H45NO4/c1-5-6-7-8-9-10-11-16-30(32)35-28(23-31(2)3)24-34-29-15-13-12-14-26(29)20-17-25-18-21-27(33-4)22-19-25/h12-15,18-19,21-22,28H,5-11,16-17,20,23-24H2,1-4H3/t28-/m1/s1. The molecule has 5 nitrogen and oxygen atoms in total. The molecule has 0 aliphatic carbocycles. The first-order valence-corrected chi connectivity index (χ1v) is 13.2. The van der Waals surface area contributed by atoms with E-state index < -0.39 is 0 Å². The fraction of sp³-hybridized carbons (Fsp3) is 0.567. The van der Waals surface area contributed by atoms with Crippen LogP contribution in [-0.4, -0.2) is 51.3 Å². The van der Waals surface area contributed by atoms with Crippen molar-refractivity contribution in [3.05, 3.63) is 59.7 Å². The van der Waals surface area contributed by atoms with E-state index in [4.69, 9.17) is 14.2 Å². The van der Waals surface area contributed by atoms with E-state index in [0.717, 1.165) is 42.7 Å². The van der Waals surface area contributed by atoms with Gasteiger partial charge >= 0.3 is 5.97 Å². The van der Waals surface area contributed by atoms with Gasteiger partial charge < -0.3 is 19.1 Å². The number of carbonyl (C=O) groups is 1. The summed E-state index contributed by atoms with van der Waals surface area (Å²) in [5, 5.41) is 0. The number of likely N-dealkylation sites (N-methyl/N-ethyl adjacent to an activating group) is 1. The van der Waals surface area contributed by atoms with Crippen molar-refractivity contribution in [2.45, 2.75) is 77.2 Å². The number of hydrogen-bond acceptors (Lipinski definition) is 5. The van der Waals surface area contributed by atoms with E-state index in [1.165, 1.54) is 37.7 Å². The molecule has 194 valence electrons. The number of carbonyl (C=O) groups excluding carboxylic acids is 1. The molecule has 2 aromatic rings. The first-order chi connectivity index (χ1) is 17.0. The smallest absolute Gasteiger partial charge is 0.306 e. The van der Waals surface area contributed by atoms with Crippen molar-refractivity contribution >= 4 is 5.97 Å². The van der Waals surface area contributed by atoms with Crippen LogP contribution in [0.1, 0.15) is 69.4 Å². The Bertz CT molecular complexity index is 835. The minimum Gasteiger partial charge on any atom is -0.497 e. The number of aryl methyl sites for hydroxylation is 2. The molecule has 0 saturated carbocycles. The number of hydrogen-bond donors (Lipinski definition) is 0. The molecule has 0 aliphatic rings. The molecule has 0 heterocycles. The lowest BCUT2D eigenvalue weighted by Gasteiger charge is -2.22. The average molecular weight is 484 g/mol. The maximum Gasteiger partial charge on any atom is 0.306 e. The summed E-state index contributed by atoms with van der Waals surface area (Å²) in [6, 6.07) is 16.3. The van der Waals surface area contributed by atoms with Crippen molar-refractivity contribution in [3.8, 4) is 11.5 Å². The summed E-state index contributed by atoms with van der Waals surface area (Å²) < 4.78 is 17.2. The molecule has 5 heteroatoms. The topological polar surface area (TPSA) is 48.0 Å². The number of ether oxygens (including phenoxy) is 3. The Kier molecular flexibility index (Phi) is 13.9. The number of para-hydroxylation sites is 1. The summed E-state index contributed by atoms with van der Waals surface area (Å²) in [5.74, 6) is 1.60. The fourth-order valence-corrected chi connectivity index (χ4v) is 4.11. The van der Waals surface area contributed by atoms with E-state index >= 15 is 0 Å². The van der Waals surface area contributed by atoms with Crippen LogP contribution in [0.3, 0.4) is 0 Å². The molecule has 0 radical (unpaired) electrons. The summed E-state index contributed by atoms with van der Waals surface area (Å²) in [5.41, 5.74) is 2.41. The van der Waals surface area contributed by atoms with E-state index in [1.54, 1.807) is 7.11 Å². The van der Waals surface area contributed by atoms with Crippen LogP contribution in [0.15, 0.2) is 48.5 Å². The lowest BCUT2D eigenvalue weighted by atomic mass is 10.0. The number of unbranched alkanes of at least 4 members (excludes halogenated alkanes) is 6. The van der Waals surface area contributed by atoms with E-state index in [9.17, 15) is 4.79 Å². The first-order valence-electron chi connectivity index (χ1n) is 13.2. The van der Waals surface area contributed by atoms with E-state index in [0.29, 0.717) is 19.6 Å². The van der Waals surface area contributed by atoms with Crippen molar-refractivity contribution in [2.24, 2.45) is 0 Å². The van der Waals surface area contributed by atoms with Crippen molar-refractivity contribution in [3.63, 3.8) is 0 Å². The van der Waals surface area contributed by atoms with Crippen LogP contribution >= 0.6 is 0 Å². The third kappa shape index (κ3) is 12.1. The Labute approximate surface area is 212 Å². The normalized spacial score (nSPS) is 11.9. The van der Waals surface area contributed by atoms with Gasteiger partial charge in [-0.05, 0) is 62.7 Å². The van der Waals surface area contributed by atoms with Crippen LogP contribution in [-0.2, 0) is 22.4 Å². The minimum atomic E-state index is -0.295. The van der Waals surface area contributed by atoms with Gasteiger partial charge in [0, 0.05) is 13.0 Å². The van der Waals surface area contributed by atoms with Crippen molar-refractivity contribution in [2.75, 3.05) is 34.4 Å². The van der Waals surface area contributed by atoms with Crippen molar-refractivity contribution < 1.29 is 19.0 Å². The molecule has 2 rings (SSSR count). The third-order valence-electron chi connectivity index (χ3n) is 6.09. The Balaban J connectivity index is 1.83. The van der Waals surface area contributed by atoms with Gasteiger partial charge in [-0.1, -0.05) is 75.8 Å². The lowest BCUT2D eigenvalue weighted by Crippen LogP contribution is -2.35. The van der Waals surface area contributed by atoms with Gasteiger partial charge in [0.25, 0.3) is 0 Å². The van der Waals surface area contributed by atoms with Crippen LogP contribution in [0.2, 0.25) is 0 Å². The highest BCUT2D eigenvalue weighted by Crippen LogP contribution is 2.21. The second-order valence-electron chi connectivity index (χ2n) is 9.51. The number of benzene rings is 2. The van der Waals surface area contributed by atoms with Gasteiger partial charge in [-0.2, -0.15) is 0 Å². The molecule has 1 atom stereocenters. The number of rotatable bonds is 18. The molecule has 0 aliphatic heterocycles.